The van der Waals surface area contributed by atoms with Gasteiger partial charge in [-0.25, -0.2) is 0 Å². The van der Waals surface area contributed by atoms with Crippen molar-refractivity contribution in [3.8, 4) is 0 Å². The minimum absolute atomic E-state index is 0.00116. The highest BCUT2D eigenvalue weighted by molar-refractivity contribution is 4.76. The van der Waals surface area contributed by atoms with Crippen molar-refractivity contribution in [3.63, 3.8) is 0 Å². The van der Waals surface area contributed by atoms with E-state index in [4.69, 9.17) is 4.74 Å². The third-order valence-corrected chi connectivity index (χ3v) is 1.69. The summed E-state index contributed by atoms with van der Waals surface area (Å²) >= 11 is 0. The first-order valence-corrected chi connectivity index (χ1v) is 3.26. The maximum absolute atomic E-state index is 9.20. The molecule has 0 unspecified atom stereocenters. The van der Waals surface area contributed by atoms with E-state index in [2.05, 4.69) is 5.32 Å². The van der Waals surface area contributed by atoms with Gasteiger partial charge in [-0.15, -0.1) is 0 Å². The Balaban J connectivity index is 2.30. The molecule has 2 N–H and O–H groups in total. The maximum Gasteiger partial charge on any atom is 0.0954 e. The SMILES string of the molecule is CO[C@@H]1CNCC[C@@H]1O. The van der Waals surface area contributed by atoms with Crippen LogP contribution in [-0.2, 0) is 4.74 Å². The van der Waals surface area contributed by atoms with Gasteiger partial charge in [-0.1, -0.05) is 0 Å². The van der Waals surface area contributed by atoms with E-state index in [1.54, 1.807) is 7.11 Å². The van der Waals surface area contributed by atoms with Crippen LogP contribution in [0.4, 0.5) is 0 Å². The lowest BCUT2D eigenvalue weighted by Gasteiger charge is -2.26. The third kappa shape index (κ3) is 1.64. The summed E-state index contributed by atoms with van der Waals surface area (Å²) in [6, 6.07) is 0. The number of ether oxygens (including phenoxy) is 1. The van der Waals surface area contributed by atoms with Gasteiger partial charge in [0.2, 0.25) is 0 Å². The maximum atomic E-state index is 9.20. The van der Waals surface area contributed by atoms with Gasteiger partial charge < -0.3 is 15.2 Å². The molecule has 0 aromatic carbocycles. The van der Waals surface area contributed by atoms with Crippen molar-refractivity contribution in [1.82, 2.24) is 5.32 Å². The molecule has 3 nitrogen and oxygen atoms in total. The zero-order chi connectivity index (χ0) is 6.69. The molecule has 54 valence electrons. The van der Waals surface area contributed by atoms with Gasteiger partial charge >= 0.3 is 0 Å². The molecule has 1 saturated heterocycles. The minimum Gasteiger partial charge on any atom is -0.390 e. The predicted octanol–water partition coefficient (Wildman–Crippen LogP) is -0.644. The van der Waals surface area contributed by atoms with E-state index < -0.39 is 0 Å². The van der Waals surface area contributed by atoms with Crippen LogP contribution >= 0.6 is 0 Å². The van der Waals surface area contributed by atoms with E-state index in [0.717, 1.165) is 19.5 Å². The lowest BCUT2D eigenvalue weighted by molar-refractivity contribution is -0.0273. The van der Waals surface area contributed by atoms with Crippen LogP contribution in [0.15, 0.2) is 0 Å². The van der Waals surface area contributed by atoms with E-state index in [-0.39, 0.29) is 12.2 Å². The average Bonchev–Trinajstić information content (AvgIpc) is 1.89. The Labute approximate surface area is 55.0 Å². The van der Waals surface area contributed by atoms with Crippen LogP contribution in [0, 0.1) is 0 Å². The summed E-state index contributed by atoms with van der Waals surface area (Å²) in [5.74, 6) is 0. The van der Waals surface area contributed by atoms with Crippen LogP contribution in [0.2, 0.25) is 0 Å². The predicted molar refractivity (Wildman–Crippen MR) is 34.3 cm³/mol. The van der Waals surface area contributed by atoms with Crippen LogP contribution < -0.4 is 5.32 Å². The molecular formula is C6H13NO2. The van der Waals surface area contributed by atoms with E-state index in [1.165, 1.54) is 0 Å². The third-order valence-electron chi connectivity index (χ3n) is 1.69. The molecule has 0 saturated carbocycles. The number of aliphatic hydroxyl groups is 1. The van der Waals surface area contributed by atoms with Gasteiger partial charge in [-0.05, 0) is 13.0 Å². The number of aliphatic hydroxyl groups excluding tert-OH is 1. The van der Waals surface area contributed by atoms with Crippen molar-refractivity contribution in [3.05, 3.63) is 0 Å². The van der Waals surface area contributed by atoms with E-state index in [9.17, 15) is 5.11 Å². The first-order valence-electron chi connectivity index (χ1n) is 3.26. The monoisotopic (exact) mass is 131 g/mol. The molecule has 0 amide bonds. The van der Waals surface area contributed by atoms with Crippen molar-refractivity contribution >= 4 is 0 Å². The Morgan fingerprint density at radius 1 is 1.67 bits per heavy atom. The topological polar surface area (TPSA) is 41.5 Å². The fraction of sp³-hybridized carbons (Fsp3) is 1.00. The first kappa shape index (κ1) is 6.99. The van der Waals surface area contributed by atoms with Gasteiger partial charge in [-0.3, -0.25) is 0 Å². The zero-order valence-corrected chi connectivity index (χ0v) is 5.63. The molecule has 1 aliphatic rings. The Hall–Kier alpha value is -0.120. The van der Waals surface area contributed by atoms with Crippen molar-refractivity contribution in [2.45, 2.75) is 18.6 Å². The number of hydrogen-bond acceptors (Lipinski definition) is 3. The second-order valence-corrected chi connectivity index (χ2v) is 2.33. The summed E-state index contributed by atoms with van der Waals surface area (Å²) in [6.45, 7) is 1.68. The largest absolute Gasteiger partial charge is 0.390 e. The Morgan fingerprint density at radius 3 is 2.89 bits per heavy atom. The number of piperidine rings is 1. The molecule has 3 heteroatoms. The summed E-state index contributed by atoms with van der Waals surface area (Å²) in [7, 11) is 1.63. The number of hydrogen-bond donors (Lipinski definition) is 2. The van der Waals surface area contributed by atoms with Crippen LogP contribution in [0.1, 0.15) is 6.42 Å². The molecule has 0 aromatic heterocycles. The van der Waals surface area contributed by atoms with Gasteiger partial charge in [0.1, 0.15) is 0 Å². The van der Waals surface area contributed by atoms with Crippen molar-refractivity contribution in [2.24, 2.45) is 0 Å². The second-order valence-electron chi connectivity index (χ2n) is 2.33. The molecular weight excluding hydrogens is 118 g/mol. The Morgan fingerprint density at radius 2 is 2.44 bits per heavy atom. The molecule has 0 bridgehead atoms. The molecule has 9 heavy (non-hydrogen) atoms. The average molecular weight is 131 g/mol. The quantitative estimate of drug-likeness (QED) is 0.497. The highest BCUT2D eigenvalue weighted by Gasteiger charge is 2.21. The van der Waals surface area contributed by atoms with Gasteiger partial charge in [0.15, 0.2) is 0 Å². The molecule has 1 rings (SSSR count). The van der Waals surface area contributed by atoms with Crippen molar-refractivity contribution < 1.29 is 9.84 Å². The summed E-state index contributed by atoms with van der Waals surface area (Å²) < 4.78 is 4.99. The summed E-state index contributed by atoms with van der Waals surface area (Å²) in [5.41, 5.74) is 0. The highest BCUT2D eigenvalue weighted by Crippen LogP contribution is 2.05. The van der Waals surface area contributed by atoms with E-state index in [0.29, 0.717) is 0 Å². The van der Waals surface area contributed by atoms with Gasteiger partial charge in [0.05, 0.1) is 12.2 Å². The van der Waals surface area contributed by atoms with Gasteiger partial charge in [-0.2, -0.15) is 0 Å². The fourth-order valence-electron chi connectivity index (χ4n) is 1.06. The minimum atomic E-state index is -0.267. The Kier molecular flexibility index (Phi) is 2.45. The lowest BCUT2D eigenvalue weighted by Crippen LogP contribution is -2.44. The van der Waals surface area contributed by atoms with E-state index in [1.807, 2.05) is 0 Å². The normalized spacial score (nSPS) is 36.7. The molecule has 0 aliphatic carbocycles. The van der Waals surface area contributed by atoms with Gasteiger partial charge in [0.25, 0.3) is 0 Å². The first-order chi connectivity index (χ1) is 4.34. The standard InChI is InChI=1S/C6H13NO2/c1-9-6-4-7-3-2-5(6)8/h5-8H,2-4H2,1H3/t5-,6+/m0/s1. The zero-order valence-electron chi connectivity index (χ0n) is 5.63. The smallest absolute Gasteiger partial charge is 0.0954 e. The van der Waals surface area contributed by atoms with Gasteiger partial charge in [0, 0.05) is 13.7 Å². The van der Waals surface area contributed by atoms with Crippen molar-refractivity contribution in [2.75, 3.05) is 20.2 Å². The van der Waals surface area contributed by atoms with Crippen molar-refractivity contribution in [1.29, 1.82) is 0 Å². The summed E-state index contributed by atoms with van der Waals surface area (Å²) in [6.07, 6.45) is 0.536. The summed E-state index contributed by atoms with van der Waals surface area (Å²) in [4.78, 5) is 0. The van der Waals surface area contributed by atoms with E-state index >= 15 is 0 Å². The molecule has 0 aromatic rings. The van der Waals surface area contributed by atoms with Crippen LogP contribution in [0.5, 0.6) is 0 Å². The molecule has 2 atom stereocenters. The fourth-order valence-corrected chi connectivity index (χ4v) is 1.06. The molecule has 1 fully saturated rings. The van der Waals surface area contributed by atoms with Crippen LogP contribution in [0.25, 0.3) is 0 Å². The number of methoxy groups -OCH3 is 1. The van der Waals surface area contributed by atoms with Crippen LogP contribution in [0.3, 0.4) is 0 Å². The molecule has 0 radical (unpaired) electrons. The Bertz CT molecular complexity index is 87.1. The molecule has 1 aliphatic heterocycles. The van der Waals surface area contributed by atoms with Crippen LogP contribution in [-0.4, -0.2) is 37.5 Å². The summed E-state index contributed by atoms with van der Waals surface area (Å²) in [5, 5.41) is 12.3. The molecule has 1 heterocycles. The highest BCUT2D eigenvalue weighted by atomic mass is 16.5. The molecule has 0 spiro atoms. The number of rotatable bonds is 1. The number of nitrogens with one attached hydrogen (secondary N) is 1. The lowest BCUT2D eigenvalue weighted by atomic mass is 10.1. The second kappa shape index (κ2) is 3.15.